The molecule has 0 aromatic heterocycles. The predicted octanol–water partition coefficient (Wildman–Crippen LogP) is 0.247. The van der Waals surface area contributed by atoms with Crippen LogP contribution in [0.1, 0.15) is 13.8 Å². The van der Waals surface area contributed by atoms with Crippen LogP contribution in [-0.2, 0) is 28.4 Å². The number of rotatable bonds is 7. The monoisotopic (exact) mass is 267 g/mol. The molecule has 0 heterocycles. The fraction of sp³-hybridized carbons (Fsp3) is 0.667. The Bertz CT molecular complexity index is 366. The Labute approximate surface area is 101 Å². The second kappa shape index (κ2) is 6.70. The third-order valence-corrected chi connectivity index (χ3v) is 2.96. The van der Waals surface area contributed by atoms with Gasteiger partial charge in [0.2, 0.25) is 0 Å². The molecule has 0 aromatic rings. The summed E-state index contributed by atoms with van der Waals surface area (Å²) in [5.41, 5.74) is 0. The first-order valence-corrected chi connectivity index (χ1v) is 6.13. The van der Waals surface area contributed by atoms with Crippen molar-refractivity contribution in [1.29, 1.82) is 0 Å². The van der Waals surface area contributed by atoms with E-state index in [1.54, 1.807) is 13.8 Å². The van der Waals surface area contributed by atoms with E-state index in [1.807, 2.05) is 0 Å². The molecular weight excluding hydrogens is 250 g/mol. The standard InChI is InChI=1S/C9H17NO6S/c1-6-9(11)15-8(3)7(2)10(4)16-17(12,13)14-5/h6-8H,1H2,2-5H3. The number of esters is 1. The molecule has 0 aliphatic heterocycles. The number of carbonyl (C=O) groups excluding carboxylic acids is 1. The highest BCUT2D eigenvalue weighted by Crippen LogP contribution is 2.09. The highest BCUT2D eigenvalue weighted by Gasteiger charge is 2.24. The molecule has 0 bridgehead atoms. The van der Waals surface area contributed by atoms with Crippen molar-refractivity contribution in [3.63, 3.8) is 0 Å². The first-order chi connectivity index (χ1) is 7.73. The van der Waals surface area contributed by atoms with Gasteiger partial charge in [0.15, 0.2) is 0 Å². The van der Waals surface area contributed by atoms with Crippen molar-refractivity contribution in [3.8, 4) is 0 Å². The van der Waals surface area contributed by atoms with Crippen LogP contribution in [0.4, 0.5) is 0 Å². The van der Waals surface area contributed by atoms with Gasteiger partial charge in [-0.15, -0.1) is 0 Å². The van der Waals surface area contributed by atoms with Crippen LogP contribution < -0.4 is 0 Å². The lowest BCUT2D eigenvalue weighted by Gasteiger charge is -2.26. The summed E-state index contributed by atoms with van der Waals surface area (Å²) < 4.78 is 35.6. The molecular formula is C9H17NO6S. The van der Waals surface area contributed by atoms with Crippen LogP contribution in [0.2, 0.25) is 0 Å². The predicted molar refractivity (Wildman–Crippen MR) is 60.0 cm³/mol. The average Bonchev–Trinajstić information content (AvgIpc) is 2.27. The van der Waals surface area contributed by atoms with Crippen molar-refractivity contribution in [3.05, 3.63) is 12.7 Å². The van der Waals surface area contributed by atoms with Gasteiger partial charge in [0.05, 0.1) is 13.2 Å². The van der Waals surface area contributed by atoms with E-state index in [4.69, 9.17) is 4.74 Å². The van der Waals surface area contributed by atoms with Crippen LogP contribution in [0.25, 0.3) is 0 Å². The highest BCUT2D eigenvalue weighted by molar-refractivity contribution is 7.81. The number of likely N-dealkylation sites (N-methyl/N-ethyl adjacent to an activating group) is 1. The van der Waals surface area contributed by atoms with Gasteiger partial charge in [0.1, 0.15) is 6.10 Å². The van der Waals surface area contributed by atoms with Gasteiger partial charge in [-0.2, -0.15) is 17.8 Å². The Hall–Kier alpha value is -0.960. The van der Waals surface area contributed by atoms with Gasteiger partial charge in [0.25, 0.3) is 0 Å². The summed E-state index contributed by atoms with van der Waals surface area (Å²) in [6.45, 7) is 6.49. The smallest absolute Gasteiger partial charge is 0.416 e. The van der Waals surface area contributed by atoms with Crippen LogP contribution in [-0.4, -0.2) is 45.8 Å². The maximum atomic E-state index is 11.0. The van der Waals surface area contributed by atoms with Gasteiger partial charge in [-0.3, -0.25) is 4.18 Å². The summed E-state index contributed by atoms with van der Waals surface area (Å²) in [6.07, 6.45) is 0.452. The zero-order chi connectivity index (χ0) is 13.6. The highest BCUT2D eigenvalue weighted by atomic mass is 32.3. The van der Waals surface area contributed by atoms with Crippen LogP contribution in [0.5, 0.6) is 0 Å². The minimum atomic E-state index is -4.07. The Morgan fingerprint density at radius 1 is 1.41 bits per heavy atom. The maximum absolute atomic E-state index is 11.0. The Morgan fingerprint density at radius 2 is 1.94 bits per heavy atom. The second-order valence-corrected chi connectivity index (χ2v) is 4.58. The Morgan fingerprint density at radius 3 is 2.35 bits per heavy atom. The van der Waals surface area contributed by atoms with Crippen LogP contribution in [0.15, 0.2) is 12.7 Å². The molecule has 7 nitrogen and oxygen atoms in total. The lowest BCUT2D eigenvalue weighted by molar-refractivity contribution is -0.154. The number of nitrogens with zero attached hydrogens (tertiary/aromatic N) is 1. The molecule has 0 spiro atoms. The van der Waals surface area contributed by atoms with Gasteiger partial charge < -0.3 is 4.74 Å². The van der Waals surface area contributed by atoms with Crippen molar-refractivity contribution in [1.82, 2.24) is 5.06 Å². The number of ether oxygens (including phenoxy) is 1. The van der Waals surface area contributed by atoms with E-state index in [9.17, 15) is 13.2 Å². The number of carbonyl (C=O) groups is 1. The zero-order valence-corrected chi connectivity index (χ0v) is 11.1. The van der Waals surface area contributed by atoms with Crippen LogP contribution in [0, 0.1) is 0 Å². The molecule has 8 heteroatoms. The second-order valence-electron chi connectivity index (χ2n) is 3.28. The van der Waals surface area contributed by atoms with Crippen molar-refractivity contribution in [2.24, 2.45) is 0 Å². The molecule has 17 heavy (non-hydrogen) atoms. The van der Waals surface area contributed by atoms with Crippen molar-refractivity contribution >= 4 is 16.4 Å². The first kappa shape index (κ1) is 16.0. The minimum Gasteiger partial charge on any atom is -0.458 e. The first-order valence-electron chi connectivity index (χ1n) is 4.79. The molecule has 0 saturated carbocycles. The largest absolute Gasteiger partial charge is 0.458 e. The lowest BCUT2D eigenvalue weighted by Crippen LogP contribution is -2.41. The van der Waals surface area contributed by atoms with E-state index in [2.05, 4.69) is 15.0 Å². The summed E-state index contributed by atoms with van der Waals surface area (Å²) in [5, 5.41) is 1.03. The summed E-state index contributed by atoms with van der Waals surface area (Å²) in [5.74, 6) is -0.590. The number of hydrogen-bond donors (Lipinski definition) is 0. The van der Waals surface area contributed by atoms with Crippen LogP contribution >= 0.6 is 0 Å². The third kappa shape index (κ3) is 5.78. The minimum absolute atomic E-state index is 0.483. The number of hydroxylamine groups is 2. The van der Waals surface area contributed by atoms with Crippen molar-refractivity contribution in [2.75, 3.05) is 14.2 Å². The summed E-state index contributed by atoms with van der Waals surface area (Å²) >= 11 is 0. The molecule has 0 N–H and O–H groups in total. The molecule has 0 rings (SSSR count). The molecule has 2 unspecified atom stereocenters. The molecule has 0 amide bonds. The molecule has 0 radical (unpaired) electrons. The van der Waals surface area contributed by atoms with Crippen molar-refractivity contribution < 1.29 is 26.4 Å². The molecule has 0 aliphatic rings. The molecule has 0 saturated heterocycles. The summed E-state index contributed by atoms with van der Waals surface area (Å²) in [7, 11) is -1.70. The average molecular weight is 267 g/mol. The topological polar surface area (TPSA) is 82.1 Å². The van der Waals surface area contributed by atoms with E-state index in [1.165, 1.54) is 7.05 Å². The van der Waals surface area contributed by atoms with Gasteiger partial charge in [-0.25, -0.2) is 4.79 Å². The fourth-order valence-corrected chi connectivity index (χ4v) is 1.35. The van der Waals surface area contributed by atoms with Crippen LogP contribution in [0.3, 0.4) is 0 Å². The van der Waals surface area contributed by atoms with Gasteiger partial charge >= 0.3 is 16.4 Å². The van der Waals surface area contributed by atoms with E-state index in [0.29, 0.717) is 0 Å². The SMILES string of the molecule is C=CC(=O)OC(C)C(C)N(C)OS(=O)(=O)OC. The molecule has 0 fully saturated rings. The molecule has 2 atom stereocenters. The summed E-state index contributed by atoms with van der Waals surface area (Å²) in [6, 6.07) is -0.483. The van der Waals surface area contributed by atoms with E-state index in [0.717, 1.165) is 18.2 Å². The molecule has 0 aromatic carbocycles. The Kier molecular flexibility index (Phi) is 6.32. The van der Waals surface area contributed by atoms with E-state index < -0.39 is 28.5 Å². The Balaban J connectivity index is 4.44. The van der Waals surface area contributed by atoms with E-state index in [-0.39, 0.29) is 0 Å². The lowest BCUT2D eigenvalue weighted by atomic mass is 10.2. The van der Waals surface area contributed by atoms with Gasteiger partial charge in [0, 0.05) is 13.1 Å². The fourth-order valence-electron chi connectivity index (χ4n) is 0.868. The zero-order valence-electron chi connectivity index (χ0n) is 10.2. The quantitative estimate of drug-likeness (QED) is 0.371. The van der Waals surface area contributed by atoms with E-state index >= 15 is 0 Å². The normalized spacial score (nSPS) is 15.4. The molecule has 100 valence electrons. The van der Waals surface area contributed by atoms with Crippen molar-refractivity contribution in [2.45, 2.75) is 26.0 Å². The molecule has 0 aliphatic carbocycles. The number of hydrogen-bond acceptors (Lipinski definition) is 7. The maximum Gasteiger partial charge on any atom is 0.416 e. The summed E-state index contributed by atoms with van der Waals surface area (Å²) in [4.78, 5) is 10.9. The third-order valence-electron chi connectivity index (χ3n) is 2.13. The van der Waals surface area contributed by atoms with Gasteiger partial charge in [-0.1, -0.05) is 6.58 Å². The van der Waals surface area contributed by atoms with Gasteiger partial charge in [-0.05, 0) is 13.8 Å².